The standard InChI is InChI=1S/C25H32N4O5S/c1-17(2)16-29(24(28-25(31)32)23(30)14-9-19-7-5-4-6-8-19)35(33,34)21-12-10-20(11-13-21)22-15-26-18(3)27-22/h4-8,10-13,15,17,23-24,28,30H,9,14,16H2,1-3H3,(H,26,27)(H,31,32)/t23-,24?/m0/s1. The molecule has 1 unspecified atom stereocenters. The molecule has 0 aliphatic carbocycles. The van der Waals surface area contributed by atoms with Gasteiger partial charge in [-0.2, -0.15) is 4.31 Å². The molecule has 0 aliphatic rings. The van der Waals surface area contributed by atoms with E-state index in [0.717, 1.165) is 27.0 Å². The van der Waals surface area contributed by atoms with Crippen molar-refractivity contribution in [2.45, 2.75) is 50.8 Å². The fraction of sp³-hybridized carbons (Fsp3) is 0.360. The van der Waals surface area contributed by atoms with Gasteiger partial charge in [0.25, 0.3) is 0 Å². The Hall–Kier alpha value is -3.21. The number of carboxylic acid groups (broad SMARTS) is 1. The van der Waals surface area contributed by atoms with Crippen LogP contribution in [0.25, 0.3) is 11.3 Å². The second kappa shape index (κ2) is 11.5. The monoisotopic (exact) mass is 500 g/mol. The number of rotatable bonds is 11. The Bertz CT molecular complexity index is 1210. The van der Waals surface area contributed by atoms with Crippen molar-refractivity contribution in [2.24, 2.45) is 5.92 Å². The molecule has 2 atom stereocenters. The van der Waals surface area contributed by atoms with E-state index in [1.165, 1.54) is 12.1 Å². The number of sulfonamides is 1. The quantitative estimate of drug-likeness (QED) is 0.297. The normalized spacial score (nSPS) is 13.7. The van der Waals surface area contributed by atoms with Crippen molar-refractivity contribution in [1.29, 1.82) is 0 Å². The number of nitrogens with one attached hydrogen (secondary N) is 2. The fourth-order valence-corrected chi connectivity index (χ4v) is 5.57. The van der Waals surface area contributed by atoms with Gasteiger partial charge in [0.05, 0.1) is 22.9 Å². The van der Waals surface area contributed by atoms with Crippen LogP contribution in [0.5, 0.6) is 0 Å². The van der Waals surface area contributed by atoms with E-state index in [0.29, 0.717) is 6.42 Å². The van der Waals surface area contributed by atoms with Crippen molar-refractivity contribution in [2.75, 3.05) is 6.54 Å². The lowest BCUT2D eigenvalue weighted by atomic mass is 10.0. The van der Waals surface area contributed by atoms with E-state index < -0.39 is 28.4 Å². The zero-order chi connectivity index (χ0) is 25.6. The maximum atomic E-state index is 13.7. The minimum Gasteiger partial charge on any atom is -0.465 e. The van der Waals surface area contributed by atoms with Gasteiger partial charge in [-0.3, -0.25) is 0 Å². The number of aryl methyl sites for hydroxylation is 2. The zero-order valence-electron chi connectivity index (χ0n) is 20.0. The molecule has 0 aliphatic heterocycles. The number of aliphatic hydroxyl groups excluding tert-OH is 1. The number of aromatic nitrogens is 2. The maximum absolute atomic E-state index is 13.7. The highest BCUT2D eigenvalue weighted by Gasteiger charge is 2.37. The van der Waals surface area contributed by atoms with Gasteiger partial charge >= 0.3 is 6.09 Å². The largest absolute Gasteiger partial charge is 0.465 e. The predicted octanol–water partition coefficient (Wildman–Crippen LogP) is 3.62. The van der Waals surface area contributed by atoms with Crippen LogP contribution in [0.1, 0.15) is 31.7 Å². The third-order valence-electron chi connectivity index (χ3n) is 5.54. The molecule has 3 aromatic rings. The molecule has 2 aromatic carbocycles. The molecule has 0 spiro atoms. The van der Waals surface area contributed by atoms with Crippen molar-refractivity contribution in [3.63, 3.8) is 0 Å². The lowest BCUT2D eigenvalue weighted by molar-refractivity contribution is 0.0590. The first-order valence-electron chi connectivity index (χ1n) is 11.4. The van der Waals surface area contributed by atoms with Gasteiger partial charge in [0.2, 0.25) is 10.0 Å². The average molecular weight is 501 g/mol. The van der Waals surface area contributed by atoms with Crippen molar-refractivity contribution in [3.05, 3.63) is 72.2 Å². The van der Waals surface area contributed by atoms with E-state index >= 15 is 0 Å². The molecule has 10 heteroatoms. The summed E-state index contributed by atoms with van der Waals surface area (Å²) in [5.74, 6) is 0.628. The molecule has 1 aromatic heterocycles. The van der Waals surface area contributed by atoms with Crippen LogP contribution in [0, 0.1) is 12.8 Å². The zero-order valence-corrected chi connectivity index (χ0v) is 20.9. The highest BCUT2D eigenvalue weighted by molar-refractivity contribution is 7.89. The molecule has 0 saturated heterocycles. The van der Waals surface area contributed by atoms with E-state index in [9.17, 15) is 23.4 Å². The molecule has 0 fully saturated rings. The second-order valence-electron chi connectivity index (χ2n) is 8.86. The molecule has 35 heavy (non-hydrogen) atoms. The van der Waals surface area contributed by atoms with E-state index in [2.05, 4.69) is 15.3 Å². The minimum absolute atomic E-state index is 0.00517. The molecular formula is C25H32N4O5S. The SMILES string of the molecule is Cc1ncc(-c2ccc(S(=O)(=O)N(CC(C)C)C(NC(=O)O)[C@@H](O)CCc3ccccc3)cc2)[nH]1. The highest BCUT2D eigenvalue weighted by atomic mass is 32.2. The van der Waals surface area contributed by atoms with E-state index in [4.69, 9.17) is 0 Å². The number of carbonyl (C=O) groups is 1. The van der Waals surface area contributed by atoms with Gasteiger partial charge in [-0.05, 0) is 48.9 Å². The molecule has 0 bridgehead atoms. The van der Waals surface area contributed by atoms with Crippen LogP contribution in [0.4, 0.5) is 4.79 Å². The smallest absolute Gasteiger partial charge is 0.406 e. The number of hydrogen-bond acceptors (Lipinski definition) is 5. The number of aromatic amines is 1. The number of aliphatic hydroxyl groups is 1. The fourth-order valence-electron chi connectivity index (χ4n) is 3.83. The maximum Gasteiger partial charge on any atom is 0.406 e. The second-order valence-corrected chi connectivity index (χ2v) is 10.8. The van der Waals surface area contributed by atoms with Crippen LogP contribution in [0.15, 0.2) is 65.7 Å². The third kappa shape index (κ3) is 6.91. The molecule has 1 amide bonds. The van der Waals surface area contributed by atoms with E-state index in [-0.39, 0.29) is 23.8 Å². The molecule has 188 valence electrons. The minimum atomic E-state index is -4.14. The van der Waals surface area contributed by atoms with Gasteiger partial charge in [-0.1, -0.05) is 56.3 Å². The van der Waals surface area contributed by atoms with Gasteiger partial charge in [0, 0.05) is 6.54 Å². The molecule has 1 heterocycles. The molecule has 0 saturated carbocycles. The number of H-pyrrole nitrogens is 1. The van der Waals surface area contributed by atoms with Gasteiger partial charge in [-0.25, -0.2) is 18.2 Å². The van der Waals surface area contributed by atoms with Crippen molar-refractivity contribution in [1.82, 2.24) is 19.6 Å². The number of benzene rings is 2. The summed E-state index contributed by atoms with van der Waals surface area (Å²) in [7, 11) is -4.14. The first-order chi connectivity index (χ1) is 16.6. The summed E-state index contributed by atoms with van der Waals surface area (Å²) in [5.41, 5.74) is 2.49. The lowest BCUT2D eigenvalue weighted by Crippen LogP contribution is -2.57. The first kappa shape index (κ1) is 26.4. The Labute approximate surface area is 205 Å². The Kier molecular flexibility index (Phi) is 8.66. The lowest BCUT2D eigenvalue weighted by Gasteiger charge is -2.35. The summed E-state index contributed by atoms with van der Waals surface area (Å²) >= 11 is 0. The van der Waals surface area contributed by atoms with E-state index in [1.54, 1.807) is 18.3 Å². The van der Waals surface area contributed by atoms with Gasteiger partial charge in [0.15, 0.2) is 0 Å². The summed E-state index contributed by atoms with van der Waals surface area (Å²) in [5, 5.41) is 22.7. The summed E-state index contributed by atoms with van der Waals surface area (Å²) in [4.78, 5) is 18.9. The van der Waals surface area contributed by atoms with E-state index in [1.807, 2.05) is 51.1 Å². The highest BCUT2D eigenvalue weighted by Crippen LogP contribution is 2.25. The average Bonchev–Trinajstić information content (AvgIpc) is 3.26. The van der Waals surface area contributed by atoms with Crippen LogP contribution in [0.3, 0.4) is 0 Å². The Morgan fingerprint density at radius 1 is 1.11 bits per heavy atom. The summed E-state index contributed by atoms with van der Waals surface area (Å²) in [6.45, 7) is 5.52. The number of hydrogen-bond donors (Lipinski definition) is 4. The molecule has 9 nitrogen and oxygen atoms in total. The van der Waals surface area contributed by atoms with Crippen LogP contribution < -0.4 is 5.32 Å². The van der Waals surface area contributed by atoms with Crippen LogP contribution in [-0.4, -0.2) is 57.8 Å². The molecule has 0 radical (unpaired) electrons. The van der Waals surface area contributed by atoms with Gasteiger partial charge in [0.1, 0.15) is 12.0 Å². The topological polar surface area (TPSA) is 136 Å². The Balaban J connectivity index is 1.90. The number of nitrogens with zero attached hydrogens (tertiary/aromatic N) is 2. The Morgan fingerprint density at radius 2 is 1.77 bits per heavy atom. The van der Waals surface area contributed by atoms with Crippen LogP contribution >= 0.6 is 0 Å². The molecule has 3 rings (SSSR count). The summed E-state index contributed by atoms with van der Waals surface area (Å²) in [6, 6.07) is 15.7. The third-order valence-corrected chi connectivity index (χ3v) is 7.40. The molecular weight excluding hydrogens is 468 g/mol. The molecule has 4 N–H and O–H groups in total. The van der Waals surface area contributed by atoms with Crippen molar-refractivity contribution in [3.8, 4) is 11.3 Å². The Morgan fingerprint density at radius 3 is 2.31 bits per heavy atom. The van der Waals surface area contributed by atoms with Gasteiger partial charge < -0.3 is 20.5 Å². The first-order valence-corrected chi connectivity index (χ1v) is 12.9. The summed E-state index contributed by atoms with van der Waals surface area (Å²) in [6.07, 6.45) is -1.71. The van der Waals surface area contributed by atoms with Crippen molar-refractivity contribution >= 4 is 16.1 Å². The van der Waals surface area contributed by atoms with Crippen LogP contribution in [0.2, 0.25) is 0 Å². The van der Waals surface area contributed by atoms with Gasteiger partial charge in [-0.15, -0.1) is 0 Å². The summed E-state index contributed by atoms with van der Waals surface area (Å²) < 4.78 is 28.4. The van der Waals surface area contributed by atoms with Crippen LogP contribution in [-0.2, 0) is 16.4 Å². The van der Waals surface area contributed by atoms with Crippen molar-refractivity contribution < 1.29 is 23.4 Å². The predicted molar refractivity (Wildman–Crippen MR) is 133 cm³/mol. The number of imidazole rings is 1. The number of amides is 1.